The molecule has 2 atom stereocenters. The van der Waals surface area contributed by atoms with Crippen molar-refractivity contribution >= 4 is 0 Å². The Morgan fingerprint density at radius 1 is 1.64 bits per heavy atom. The van der Waals surface area contributed by atoms with Gasteiger partial charge in [0.1, 0.15) is 0 Å². The first-order valence-corrected chi connectivity index (χ1v) is 3.72. The third-order valence-corrected chi connectivity index (χ3v) is 2.05. The van der Waals surface area contributed by atoms with Crippen LogP contribution in [0.3, 0.4) is 0 Å². The Morgan fingerprint density at radius 3 is 2.64 bits per heavy atom. The summed E-state index contributed by atoms with van der Waals surface area (Å²) in [6, 6.07) is 0. The lowest BCUT2D eigenvalue weighted by Gasteiger charge is -2.25. The minimum absolute atomic E-state index is 0.154. The molecule has 0 amide bonds. The molecule has 2 N–H and O–H groups in total. The molecular formula is C7H15NO3. The number of hydrogen-bond acceptors (Lipinski definition) is 4. The molecule has 0 spiro atoms. The number of ether oxygens (including phenoxy) is 3. The summed E-state index contributed by atoms with van der Waals surface area (Å²) in [6.45, 7) is 0.378. The number of nitrogens with two attached hydrogens (primary N) is 1. The van der Waals surface area contributed by atoms with Crippen molar-refractivity contribution in [1.29, 1.82) is 0 Å². The highest BCUT2D eigenvalue weighted by Gasteiger charge is 2.39. The molecule has 11 heavy (non-hydrogen) atoms. The van der Waals surface area contributed by atoms with Gasteiger partial charge in [0.25, 0.3) is 0 Å². The van der Waals surface area contributed by atoms with Gasteiger partial charge in [0.2, 0.25) is 0 Å². The quantitative estimate of drug-likeness (QED) is 0.636. The SMILES string of the molecule is COC1CCC(CN)(OC)O1. The van der Waals surface area contributed by atoms with Crippen LogP contribution in [0.4, 0.5) is 0 Å². The summed E-state index contributed by atoms with van der Waals surface area (Å²) < 4.78 is 15.6. The zero-order valence-electron chi connectivity index (χ0n) is 7.00. The summed E-state index contributed by atoms with van der Waals surface area (Å²) >= 11 is 0. The molecule has 0 bridgehead atoms. The largest absolute Gasteiger partial charge is 0.356 e. The molecule has 0 aromatic heterocycles. The highest BCUT2D eigenvalue weighted by atomic mass is 16.8. The Balaban J connectivity index is 2.48. The second kappa shape index (κ2) is 3.49. The molecule has 2 unspecified atom stereocenters. The van der Waals surface area contributed by atoms with E-state index in [9.17, 15) is 0 Å². The molecule has 66 valence electrons. The van der Waals surface area contributed by atoms with Crippen molar-refractivity contribution in [2.24, 2.45) is 5.73 Å². The van der Waals surface area contributed by atoms with Gasteiger partial charge < -0.3 is 19.9 Å². The summed E-state index contributed by atoms with van der Waals surface area (Å²) in [6.07, 6.45) is 1.50. The van der Waals surface area contributed by atoms with E-state index in [2.05, 4.69) is 0 Å². The number of methoxy groups -OCH3 is 2. The molecule has 4 heteroatoms. The van der Waals surface area contributed by atoms with Gasteiger partial charge >= 0.3 is 0 Å². The molecule has 1 aliphatic rings. The first kappa shape index (κ1) is 8.93. The Bertz CT molecular complexity index is 125. The van der Waals surface area contributed by atoms with Crippen LogP contribution in [0.5, 0.6) is 0 Å². The summed E-state index contributed by atoms with van der Waals surface area (Å²) in [5, 5.41) is 0. The fraction of sp³-hybridized carbons (Fsp3) is 1.00. The Hall–Kier alpha value is -0.160. The zero-order chi connectivity index (χ0) is 8.32. The van der Waals surface area contributed by atoms with Gasteiger partial charge in [-0.25, -0.2) is 0 Å². The fourth-order valence-electron chi connectivity index (χ4n) is 1.24. The monoisotopic (exact) mass is 161 g/mol. The van der Waals surface area contributed by atoms with E-state index in [0.717, 1.165) is 12.8 Å². The third kappa shape index (κ3) is 1.70. The average molecular weight is 161 g/mol. The second-order valence-electron chi connectivity index (χ2n) is 2.64. The van der Waals surface area contributed by atoms with E-state index >= 15 is 0 Å². The van der Waals surface area contributed by atoms with Crippen LogP contribution in [0, 0.1) is 0 Å². The van der Waals surface area contributed by atoms with Gasteiger partial charge in [-0.05, 0) is 0 Å². The summed E-state index contributed by atoms with van der Waals surface area (Å²) in [7, 11) is 3.22. The van der Waals surface area contributed by atoms with Gasteiger partial charge in [-0.3, -0.25) is 0 Å². The lowest BCUT2D eigenvalue weighted by Crippen LogP contribution is -2.40. The van der Waals surface area contributed by atoms with Crippen molar-refractivity contribution in [2.45, 2.75) is 24.9 Å². The maximum absolute atomic E-state index is 5.49. The molecule has 0 saturated carbocycles. The topological polar surface area (TPSA) is 53.7 Å². The zero-order valence-corrected chi connectivity index (χ0v) is 7.00. The van der Waals surface area contributed by atoms with E-state index in [0.29, 0.717) is 6.54 Å². The second-order valence-corrected chi connectivity index (χ2v) is 2.64. The van der Waals surface area contributed by atoms with Crippen LogP contribution < -0.4 is 5.73 Å². The molecule has 1 heterocycles. The van der Waals surface area contributed by atoms with Gasteiger partial charge in [-0.15, -0.1) is 0 Å². The van der Waals surface area contributed by atoms with Gasteiger partial charge in [-0.2, -0.15) is 0 Å². The van der Waals surface area contributed by atoms with Gasteiger partial charge in [0.05, 0.1) is 0 Å². The van der Waals surface area contributed by atoms with Crippen molar-refractivity contribution in [1.82, 2.24) is 0 Å². The van der Waals surface area contributed by atoms with Gasteiger partial charge in [0.15, 0.2) is 12.1 Å². The Kier molecular flexibility index (Phi) is 2.84. The Labute approximate surface area is 66.6 Å². The molecule has 1 rings (SSSR count). The predicted octanol–water partition coefficient (Wildman–Crippen LogP) is 0.0707. The maximum Gasteiger partial charge on any atom is 0.183 e. The summed E-state index contributed by atoms with van der Waals surface area (Å²) in [5.74, 6) is -0.597. The lowest BCUT2D eigenvalue weighted by molar-refractivity contribution is -0.250. The summed E-state index contributed by atoms with van der Waals surface area (Å²) in [4.78, 5) is 0. The number of rotatable bonds is 3. The van der Waals surface area contributed by atoms with Gasteiger partial charge in [-0.1, -0.05) is 0 Å². The van der Waals surface area contributed by atoms with E-state index in [1.165, 1.54) is 0 Å². The normalized spacial score (nSPS) is 37.9. The van der Waals surface area contributed by atoms with Crippen LogP contribution in [0.25, 0.3) is 0 Å². The molecule has 0 aromatic rings. The van der Waals surface area contributed by atoms with E-state index in [1.54, 1.807) is 14.2 Å². The minimum Gasteiger partial charge on any atom is -0.356 e. The standard InChI is InChI=1S/C7H15NO3/c1-9-6-3-4-7(5-8,10-2)11-6/h6H,3-5,8H2,1-2H3. The molecule has 0 radical (unpaired) electrons. The van der Waals surface area contributed by atoms with Crippen molar-refractivity contribution in [3.05, 3.63) is 0 Å². The van der Waals surface area contributed by atoms with Crippen LogP contribution in [0.2, 0.25) is 0 Å². The minimum atomic E-state index is -0.597. The van der Waals surface area contributed by atoms with E-state index in [1.807, 2.05) is 0 Å². The molecular weight excluding hydrogens is 146 g/mol. The van der Waals surface area contributed by atoms with Crippen LogP contribution in [0.15, 0.2) is 0 Å². The van der Waals surface area contributed by atoms with Crippen LogP contribution in [-0.2, 0) is 14.2 Å². The predicted molar refractivity (Wildman–Crippen MR) is 39.9 cm³/mol. The van der Waals surface area contributed by atoms with E-state index in [-0.39, 0.29) is 6.29 Å². The van der Waals surface area contributed by atoms with Crippen molar-refractivity contribution in [2.75, 3.05) is 20.8 Å². The fourth-order valence-corrected chi connectivity index (χ4v) is 1.24. The van der Waals surface area contributed by atoms with Crippen LogP contribution >= 0.6 is 0 Å². The first-order valence-electron chi connectivity index (χ1n) is 3.72. The average Bonchev–Trinajstić information content (AvgIpc) is 2.49. The van der Waals surface area contributed by atoms with E-state index < -0.39 is 5.79 Å². The molecule has 0 aromatic carbocycles. The molecule has 1 fully saturated rings. The Morgan fingerprint density at radius 2 is 2.36 bits per heavy atom. The summed E-state index contributed by atoms with van der Waals surface area (Å²) in [5.41, 5.74) is 5.49. The van der Waals surface area contributed by atoms with Crippen molar-refractivity contribution < 1.29 is 14.2 Å². The molecule has 1 saturated heterocycles. The lowest BCUT2D eigenvalue weighted by atomic mass is 10.2. The maximum atomic E-state index is 5.49. The first-order chi connectivity index (χ1) is 5.26. The van der Waals surface area contributed by atoms with E-state index in [4.69, 9.17) is 19.9 Å². The number of hydrogen-bond donors (Lipinski definition) is 1. The van der Waals surface area contributed by atoms with Gasteiger partial charge in [0, 0.05) is 33.6 Å². The highest BCUT2D eigenvalue weighted by Crippen LogP contribution is 2.30. The highest BCUT2D eigenvalue weighted by molar-refractivity contribution is 4.78. The molecule has 1 aliphatic heterocycles. The van der Waals surface area contributed by atoms with Crippen molar-refractivity contribution in [3.63, 3.8) is 0 Å². The van der Waals surface area contributed by atoms with Crippen molar-refractivity contribution in [3.8, 4) is 0 Å². The van der Waals surface area contributed by atoms with Crippen LogP contribution in [0.1, 0.15) is 12.8 Å². The smallest absolute Gasteiger partial charge is 0.183 e. The van der Waals surface area contributed by atoms with Crippen LogP contribution in [-0.4, -0.2) is 32.8 Å². The molecule has 4 nitrogen and oxygen atoms in total. The molecule has 0 aliphatic carbocycles. The third-order valence-electron chi connectivity index (χ3n) is 2.05.